The topological polar surface area (TPSA) is 41.6 Å². The summed E-state index contributed by atoms with van der Waals surface area (Å²) in [5.41, 5.74) is -0.454. The molecule has 1 aromatic carbocycles. The van der Waals surface area contributed by atoms with Crippen molar-refractivity contribution in [1.29, 1.82) is 5.26 Å². The smallest absolute Gasteiger partial charge is 0.330 e. The Labute approximate surface area is 168 Å². The van der Waals surface area contributed by atoms with Gasteiger partial charge >= 0.3 is 6.18 Å². The van der Waals surface area contributed by atoms with Crippen molar-refractivity contribution < 1.29 is 13.2 Å². The molecule has 0 N–H and O–H groups in total. The maximum absolute atomic E-state index is 13.7. The van der Waals surface area contributed by atoms with Gasteiger partial charge in [-0.15, -0.1) is 11.3 Å². The van der Waals surface area contributed by atoms with Crippen LogP contribution >= 0.6 is 50.5 Å². The van der Waals surface area contributed by atoms with Gasteiger partial charge < -0.3 is 4.57 Å². The van der Waals surface area contributed by atoms with Gasteiger partial charge in [0.05, 0.1) is 22.3 Å². The van der Waals surface area contributed by atoms with Gasteiger partial charge in [-0.05, 0) is 33.6 Å². The van der Waals surface area contributed by atoms with Gasteiger partial charge in [-0.3, -0.25) is 0 Å². The van der Waals surface area contributed by atoms with E-state index in [0.29, 0.717) is 15.5 Å². The number of aromatic nitrogens is 2. The Balaban J connectivity index is 2.30. The summed E-state index contributed by atoms with van der Waals surface area (Å²) in [6.07, 6.45) is -3.25. The lowest BCUT2D eigenvalue weighted by Crippen LogP contribution is -2.15. The van der Waals surface area contributed by atoms with Crippen molar-refractivity contribution in [3.05, 3.63) is 60.6 Å². The van der Waals surface area contributed by atoms with Crippen molar-refractivity contribution in [2.45, 2.75) is 12.7 Å². The molecule has 0 atom stereocenters. The summed E-state index contributed by atoms with van der Waals surface area (Å²) in [5.74, 6) is 0. The fourth-order valence-electron chi connectivity index (χ4n) is 2.55. The lowest BCUT2D eigenvalue weighted by molar-refractivity contribution is -0.143. The molecule has 0 bridgehead atoms. The van der Waals surface area contributed by atoms with E-state index in [0.717, 1.165) is 15.9 Å². The van der Waals surface area contributed by atoms with Crippen molar-refractivity contribution >= 4 is 50.5 Å². The number of nitrogens with zero attached hydrogens (tertiary/aromatic N) is 3. The Bertz CT molecular complexity index is 1000. The van der Waals surface area contributed by atoms with Crippen LogP contribution in [0, 0.1) is 11.3 Å². The highest BCUT2D eigenvalue weighted by Gasteiger charge is 2.40. The van der Waals surface area contributed by atoms with E-state index in [1.807, 2.05) is 6.07 Å². The fourth-order valence-corrected chi connectivity index (χ4v) is 4.35. The molecule has 0 aliphatic carbocycles. The molecular formula is C16H7BrCl2F3N3S. The van der Waals surface area contributed by atoms with Crippen LogP contribution < -0.4 is 0 Å². The molecule has 0 unspecified atom stereocenters. The van der Waals surface area contributed by atoms with Crippen LogP contribution in [0.2, 0.25) is 9.49 Å². The Kier molecular flexibility index (Phi) is 5.35. The van der Waals surface area contributed by atoms with Gasteiger partial charge in [-0.25, -0.2) is 4.98 Å². The molecule has 134 valence electrons. The van der Waals surface area contributed by atoms with Gasteiger partial charge in [0.25, 0.3) is 0 Å². The van der Waals surface area contributed by atoms with Crippen LogP contribution in [0.5, 0.6) is 0 Å². The molecular weight excluding hydrogens is 474 g/mol. The van der Waals surface area contributed by atoms with Crippen LogP contribution in [0.4, 0.5) is 13.2 Å². The number of rotatable bonds is 3. The lowest BCUT2D eigenvalue weighted by atomic mass is 10.1. The zero-order chi connectivity index (χ0) is 19.1. The van der Waals surface area contributed by atoms with Gasteiger partial charge in [-0.1, -0.05) is 35.3 Å². The zero-order valence-corrected chi connectivity index (χ0v) is 16.5. The van der Waals surface area contributed by atoms with E-state index in [1.165, 1.54) is 6.20 Å². The van der Waals surface area contributed by atoms with Crippen molar-refractivity contribution in [1.82, 2.24) is 9.55 Å². The monoisotopic (exact) mass is 479 g/mol. The molecule has 0 spiro atoms. The third-order valence-electron chi connectivity index (χ3n) is 3.54. The Morgan fingerprint density at radius 3 is 2.38 bits per heavy atom. The van der Waals surface area contributed by atoms with Crippen LogP contribution in [0.25, 0.3) is 11.3 Å². The van der Waals surface area contributed by atoms with E-state index in [9.17, 15) is 18.4 Å². The summed E-state index contributed by atoms with van der Waals surface area (Å²) in [5, 5.41) is 9.91. The number of alkyl halides is 3. The van der Waals surface area contributed by atoms with E-state index in [4.69, 9.17) is 23.2 Å². The summed E-state index contributed by atoms with van der Waals surface area (Å²) < 4.78 is 42.1. The third kappa shape index (κ3) is 3.62. The molecule has 3 rings (SSSR count). The van der Waals surface area contributed by atoms with Crippen LogP contribution in [-0.2, 0) is 12.7 Å². The SMILES string of the molecule is N#Cc1c(Br)c(C(F)(F)F)n(Cc2cnc(Cl)s2)c1-c1ccc(Cl)cc1. The molecule has 0 aliphatic rings. The number of hydrogen-bond donors (Lipinski definition) is 0. The number of benzene rings is 1. The molecule has 0 aliphatic heterocycles. The first kappa shape index (κ1) is 19.2. The molecule has 3 aromatic rings. The number of hydrogen-bond acceptors (Lipinski definition) is 3. The standard InChI is InChI=1S/C16H7BrCl2F3N3S/c17-12-11(5-23)13(8-1-3-9(18)4-2-8)25(14(12)16(20,21)22)7-10-6-24-15(19)26-10/h1-4,6H,7H2. The Morgan fingerprint density at radius 2 is 1.88 bits per heavy atom. The number of nitriles is 1. The average molecular weight is 481 g/mol. The molecule has 0 saturated carbocycles. The maximum Gasteiger partial charge on any atom is 0.432 e. The van der Waals surface area contributed by atoms with Crippen molar-refractivity contribution in [2.75, 3.05) is 0 Å². The molecule has 26 heavy (non-hydrogen) atoms. The summed E-state index contributed by atoms with van der Waals surface area (Å²) >= 11 is 15.7. The van der Waals surface area contributed by atoms with E-state index < -0.39 is 11.9 Å². The molecule has 0 radical (unpaired) electrons. The minimum absolute atomic E-state index is 0.102. The number of halogens is 6. The predicted molar refractivity (Wildman–Crippen MR) is 98.5 cm³/mol. The molecule has 2 heterocycles. The molecule has 2 aromatic heterocycles. The molecule has 3 nitrogen and oxygen atoms in total. The maximum atomic E-state index is 13.7. The van der Waals surface area contributed by atoms with E-state index >= 15 is 0 Å². The average Bonchev–Trinajstić information content (AvgIpc) is 3.08. The van der Waals surface area contributed by atoms with Gasteiger partial charge in [-0.2, -0.15) is 18.4 Å². The minimum atomic E-state index is -4.66. The van der Waals surface area contributed by atoms with Gasteiger partial charge in [0.1, 0.15) is 11.8 Å². The van der Waals surface area contributed by atoms with Crippen molar-refractivity contribution in [3.63, 3.8) is 0 Å². The largest absolute Gasteiger partial charge is 0.432 e. The van der Waals surface area contributed by atoms with E-state index in [2.05, 4.69) is 20.9 Å². The van der Waals surface area contributed by atoms with Crippen LogP contribution in [-0.4, -0.2) is 9.55 Å². The molecule has 0 amide bonds. The van der Waals surface area contributed by atoms with Crippen molar-refractivity contribution in [2.24, 2.45) is 0 Å². The first-order chi connectivity index (χ1) is 12.2. The summed E-state index contributed by atoms with van der Waals surface area (Å²) in [7, 11) is 0. The molecule has 10 heteroatoms. The highest BCUT2D eigenvalue weighted by atomic mass is 79.9. The van der Waals surface area contributed by atoms with Gasteiger partial charge in [0.15, 0.2) is 4.47 Å². The Hall–Kier alpha value is -1.53. The van der Waals surface area contributed by atoms with E-state index in [-0.39, 0.29) is 26.7 Å². The van der Waals surface area contributed by atoms with Crippen molar-refractivity contribution in [3.8, 4) is 17.3 Å². The second-order valence-corrected chi connectivity index (χ2v) is 8.10. The van der Waals surface area contributed by atoms with Gasteiger partial charge in [0.2, 0.25) is 0 Å². The quantitative estimate of drug-likeness (QED) is 0.422. The second kappa shape index (κ2) is 7.24. The predicted octanol–water partition coefficient (Wildman–Crippen LogP) is 6.62. The van der Waals surface area contributed by atoms with Crippen LogP contribution in [0.1, 0.15) is 16.1 Å². The first-order valence-electron chi connectivity index (χ1n) is 6.97. The first-order valence-corrected chi connectivity index (χ1v) is 9.34. The van der Waals surface area contributed by atoms with Crippen LogP contribution in [0.3, 0.4) is 0 Å². The summed E-state index contributed by atoms with van der Waals surface area (Å²) in [6.45, 7) is -0.128. The minimum Gasteiger partial charge on any atom is -0.330 e. The highest BCUT2D eigenvalue weighted by molar-refractivity contribution is 9.10. The molecule has 0 fully saturated rings. The molecule has 0 saturated heterocycles. The third-order valence-corrected chi connectivity index (χ3v) is 5.66. The van der Waals surface area contributed by atoms with Gasteiger partial charge in [0, 0.05) is 16.1 Å². The summed E-state index contributed by atoms with van der Waals surface area (Å²) in [6, 6.07) is 8.11. The normalized spacial score (nSPS) is 11.6. The van der Waals surface area contributed by atoms with E-state index in [1.54, 1.807) is 24.3 Å². The fraction of sp³-hybridized carbons (Fsp3) is 0.125. The summed E-state index contributed by atoms with van der Waals surface area (Å²) in [4.78, 5) is 4.39. The number of thiazole rings is 1. The highest BCUT2D eigenvalue weighted by Crippen LogP contribution is 2.43. The van der Waals surface area contributed by atoms with Crippen LogP contribution in [0.15, 0.2) is 34.9 Å². The lowest BCUT2D eigenvalue weighted by Gasteiger charge is -2.15. The second-order valence-electron chi connectivity index (χ2n) is 5.17. The Morgan fingerprint density at radius 1 is 1.23 bits per heavy atom. The zero-order valence-electron chi connectivity index (χ0n) is 12.6.